The Morgan fingerprint density at radius 3 is 2.56 bits per heavy atom. The molecule has 4 aromatic rings. The summed E-state index contributed by atoms with van der Waals surface area (Å²) in [7, 11) is 0. The molecule has 2 heterocycles. The minimum atomic E-state index is -0.664. The minimum Gasteiger partial charge on any atom is -0.350 e. The number of rotatable bonds is 8. The molecule has 0 saturated carbocycles. The van der Waals surface area contributed by atoms with Gasteiger partial charge in [0.25, 0.3) is 11.5 Å². The lowest BCUT2D eigenvalue weighted by atomic mass is 10.1. The predicted octanol–water partition coefficient (Wildman–Crippen LogP) is 2.53. The van der Waals surface area contributed by atoms with Crippen LogP contribution >= 0.6 is 0 Å². The van der Waals surface area contributed by atoms with Crippen LogP contribution in [0.4, 0.5) is 10.1 Å². The number of hydrogen-bond acceptors (Lipinski definition) is 5. The maximum Gasteiger partial charge on any atom is 0.352 e. The number of para-hydroxylation sites is 1. The highest BCUT2D eigenvalue weighted by atomic mass is 19.1. The molecule has 2 N–H and O–H groups in total. The molecule has 11 heteroatoms. The van der Waals surface area contributed by atoms with Crippen molar-refractivity contribution in [2.24, 2.45) is 0 Å². The number of aromatic nitrogens is 4. The van der Waals surface area contributed by atoms with Gasteiger partial charge in [0.2, 0.25) is 11.7 Å². The van der Waals surface area contributed by atoms with E-state index in [1.165, 1.54) is 39.3 Å². The highest BCUT2D eigenvalue weighted by Gasteiger charge is 2.20. The van der Waals surface area contributed by atoms with E-state index in [9.17, 15) is 23.6 Å². The van der Waals surface area contributed by atoms with Crippen molar-refractivity contribution in [2.75, 3.05) is 5.32 Å². The van der Waals surface area contributed by atoms with Crippen LogP contribution in [0.3, 0.4) is 0 Å². The number of aryl methyl sites for hydroxylation is 1. The second-order valence-corrected chi connectivity index (χ2v) is 8.58. The van der Waals surface area contributed by atoms with Crippen LogP contribution < -0.4 is 21.9 Å². The summed E-state index contributed by atoms with van der Waals surface area (Å²) >= 11 is 0. The van der Waals surface area contributed by atoms with Crippen LogP contribution in [0.2, 0.25) is 0 Å². The maximum atomic E-state index is 13.9. The van der Waals surface area contributed by atoms with Gasteiger partial charge in [-0.15, -0.1) is 5.10 Å². The van der Waals surface area contributed by atoms with Crippen molar-refractivity contribution in [2.45, 2.75) is 52.7 Å². The SMILES string of the molecule is CCCn1c(=O)c2ccc(C(=O)NC(C)CC)cc2n2c(=O)n(CC(=O)Nc3ccccc3F)nc12. The number of amides is 2. The van der Waals surface area contributed by atoms with Gasteiger partial charge in [0.15, 0.2) is 0 Å². The van der Waals surface area contributed by atoms with Crippen molar-refractivity contribution in [3.63, 3.8) is 0 Å². The van der Waals surface area contributed by atoms with Gasteiger partial charge in [-0.05, 0) is 50.1 Å². The first-order chi connectivity index (χ1) is 17.2. The topological polar surface area (TPSA) is 120 Å². The number of carbonyl (C=O) groups excluding carboxylic acids is 2. The number of fused-ring (bicyclic) bond motifs is 3. The Morgan fingerprint density at radius 2 is 1.86 bits per heavy atom. The normalized spacial score (nSPS) is 12.1. The van der Waals surface area contributed by atoms with E-state index in [4.69, 9.17) is 0 Å². The number of halogens is 1. The molecule has 0 spiro atoms. The average molecular weight is 495 g/mol. The van der Waals surface area contributed by atoms with Crippen molar-refractivity contribution in [3.05, 3.63) is 74.7 Å². The van der Waals surface area contributed by atoms with Gasteiger partial charge in [0.05, 0.1) is 16.6 Å². The van der Waals surface area contributed by atoms with E-state index in [0.29, 0.717) is 13.0 Å². The summed E-state index contributed by atoms with van der Waals surface area (Å²) in [5.74, 6) is -1.55. The van der Waals surface area contributed by atoms with Crippen LogP contribution in [-0.2, 0) is 17.9 Å². The highest BCUT2D eigenvalue weighted by molar-refractivity contribution is 5.98. The molecule has 0 aliphatic heterocycles. The number of benzene rings is 2. The summed E-state index contributed by atoms with van der Waals surface area (Å²) in [6, 6.07) is 10.2. The molecule has 188 valence electrons. The van der Waals surface area contributed by atoms with E-state index in [0.717, 1.165) is 11.1 Å². The van der Waals surface area contributed by atoms with Gasteiger partial charge in [-0.1, -0.05) is 26.0 Å². The van der Waals surface area contributed by atoms with Gasteiger partial charge in [0.1, 0.15) is 12.4 Å². The number of nitrogens with one attached hydrogen (secondary N) is 2. The van der Waals surface area contributed by atoms with Crippen molar-refractivity contribution >= 4 is 34.2 Å². The molecule has 0 radical (unpaired) electrons. The summed E-state index contributed by atoms with van der Waals surface area (Å²) in [6.07, 6.45) is 1.34. The standard InChI is InChI=1S/C25H27FN6O4/c1-4-12-30-23(35)17-11-10-16(22(34)27-15(3)5-2)13-20(17)32-24(30)29-31(25(32)36)14-21(33)28-19-9-7-6-8-18(19)26/h6-11,13,15H,4-5,12,14H2,1-3H3,(H,27,34)(H,28,33). The van der Waals surface area contributed by atoms with Crippen LogP contribution in [0.1, 0.15) is 44.0 Å². The summed E-state index contributed by atoms with van der Waals surface area (Å²) in [5, 5.41) is 9.79. The molecule has 1 atom stereocenters. The lowest BCUT2D eigenvalue weighted by molar-refractivity contribution is -0.117. The molecule has 1 unspecified atom stereocenters. The zero-order valence-electron chi connectivity index (χ0n) is 20.2. The zero-order chi connectivity index (χ0) is 26.0. The van der Waals surface area contributed by atoms with E-state index < -0.39 is 24.0 Å². The first-order valence-electron chi connectivity index (χ1n) is 11.8. The first-order valence-corrected chi connectivity index (χ1v) is 11.8. The molecule has 0 fully saturated rings. The molecule has 2 amide bonds. The Labute approximate surface area is 205 Å². The smallest absolute Gasteiger partial charge is 0.350 e. The Balaban J connectivity index is 1.83. The Morgan fingerprint density at radius 1 is 1.11 bits per heavy atom. The quantitative estimate of drug-likeness (QED) is 0.390. The lowest BCUT2D eigenvalue weighted by Gasteiger charge is -2.13. The second kappa shape index (κ2) is 10.1. The Hall–Kier alpha value is -4.28. The molecule has 36 heavy (non-hydrogen) atoms. The number of hydrogen-bond donors (Lipinski definition) is 2. The minimum absolute atomic E-state index is 0.0235. The molecule has 10 nitrogen and oxygen atoms in total. The van der Waals surface area contributed by atoms with E-state index in [1.807, 2.05) is 20.8 Å². The van der Waals surface area contributed by atoms with Crippen LogP contribution in [0, 0.1) is 5.82 Å². The van der Waals surface area contributed by atoms with Crippen molar-refractivity contribution in [1.82, 2.24) is 24.1 Å². The third-order valence-corrected chi connectivity index (χ3v) is 5.92. The Kier molecular flexibility index (Phi) is 7.00. The molecule has 2 aromatic carbocycles. The zero-order valence-corrected chi connectivity index (χ0v) is 20.2. The Bertz CT molecular complexity index is 1590. The fourth-order valence-corrected chi connectivity index (χ4v) is 3.88. The van der Waals surface area contributed by atoms with Crippen molar-refractivity contribution < 1.29 is 14.0 Å². The van der Waals surface area contributed by atoms with Crippen molar-refractivity contribution in [3.8, 4) is 0 Å². The molecule has 4 rings (SSSR count). The van der Waals surface area contributed by atoms with Gasteiger partial charge < -0.3 is 10.6 Å². The average Bonchev–Trinajstić information content (AvgIpc) is 3.18. The van der Waals surface area contributed by atoms with E-state index >= 15 is 0 Å². The largest absolute Gasteiger partial charge is 0.352 e. The van der Waals surface area contributed by atoms with Gasteiger partial charge in [0, 0.05) is 18.2 Å². The summed E-state index contributed by atoms with van der Waals surface area (Å²) in [4.78, 5) is 51.9. The summed E-state index contributed by atoms with van der Waals surface area (Å²) < 4.78 is 17.4. The predicted molar refractivity (Wildman–Crippen MR) is 134 cm³/mol. The number of anilines is 1. The summed E-state index contributed by atoms with van der Waals surface area (Å²) in [6.45, 7) is 5.51. The molecular weight excluding hydrogens is 467 g/mol. The molecular formula is C25H27FN6O4. The maximum absolute atomic E-state index is 13.9. The van der Waals surface area contributed by atoms with E-state index in [2.05, 4.69) is 15.7 Å². The van der Waals surface area contributed by atoms with Crippen LogP contribution in [-0.4, -0.2) is 36.6 Å². The van der Waals surface area contributed by atoms with Crippen LogP contribution in [0.25, 0.3) is 16.7 Å². The number of carbonyl (C=O) groups is 2. The summed E-state index contributed by atoms with van der Waals surface area (Å²) in [5.41, 5.74) is -0.549. The molecule has 0 aliphatic rings. The fraction of sp³-hybridized carbons (Fsp3) is 0.320. The fourth-order valence-electron chi connectivity index (χ4n) is 3.88. The van der Waals surface area contributed by atoms with Gasteiger partial charge in [-0.3, -0.25) is 19.0 Å². The first kappa shape index (κ1) is 24.8. The third kappa shape index (κ3) is 4.64. The van der Waals surface area contributed by atoms with Crippen LogP contribution in [0.5, 0.6) is 0 Å². The van der Waals surface area contributed by atoms with Crippen LogP contribution in [0.15, 0.2) is 52.1 Å². The van der Waals surface area contributed by atoms with E-state index in [1.54, 1.807) is 12.1 Å². The van der Waals surface area contributed by atoms with Gasteiger partial charge in [-0.2, -0.15) is 0 Å². The monoisotopic (exact) mass is 494 g/mol. The second-order valence-electron chi connectivity index (χ2n) is 8.58. The third-order valence-electron chi connectivity index (χ3n) is 5.92. The molecule has 0 saturated heterocycles. The highest BCUT2D eigenvalue weighted by Crippen LogP contribution is 2.16. The lowest BCUT2D eigenvalue weighted by Crippen LogP contribution is -2.32. The molecule has 0 aliphatic carbocycles. The van der Waals surface area contributed by atoms with Gasteiger partial charge >= 0.3 is 5.69 Å². The van der Waals surface area contributed by atoms with Gasteiger partial charge in [-0.25, -0.2) is 18.3 Å². The number of nitrogens with zero attached hydrogens (tertiary/aromatic N) is 4. The molecule has 0 bridgehead atoms. The molecule has 2 aromatic heterocycles. The van der Waals surface area contributed by atoms with Crippen molar-refractivity contribution in [1.29, 1.82) is 0 Å². The van der Waals surface area contributed by atoms with E-state index in [-0.39, 0.29) is 45.4 Å².